The molecule has 158 valence electrons. The Kier molecular flexibility index (Phi) is 7.51. The monoisotopic (exact) mass is 427 g/mol. The molecular weight excluding hydrogens is 402 g/mol. The SMILES string of the molecule is CCOc1ccc(/C=N\Nc2nc(-c3ccc(OC)cc3OC)cs2)cc1OCC. The van der Waals surface area contributed by atoms with Gasteiger partial charge >= 0.3 is 0 Å². The van der Waals surface area contributed by atoms with Crippen molar-refractivity contribution in [2.24, 2.45) is 5.10 Å². The third kappa shape index (κ3) is 5.21. The van der Waals surface area contributed by atoms with Gasteiger partial charge in [-0.1, -0.05) is 0 Å². The summed E-state index contributed by atoms with van der Waals surface area (Å²) in [6, 6.07) is 11.3. The number of hydrazone groups is 1. The molecule has 0 saturated heterocycles. The minimum absolute atomic E-state index is 0.565. The number of nitrogens with one attached hydrogen (secondary N) is 1. The fraction of sp³-hybridized carbons (Fsp3) is 0.273. The van der Waals surface area contributed by atoms with Crippen molar-refractivity contribution >= 4 is 22.7 Å². The maximum atomic E-state index is 5.65. The first-order chi connectivity index (χ1) is 14.7. The molecule has 2 aromatic carbocycles. The predicted molar refractivity (Wildman–Crippen MR) is 121 cm³/mol. The average molecular weight is 428 g/mol. The minimum atomic E-state index is 0.565. The van der Waals surface area contributed by atoms with Gasteiger partial charge in [0.25, 0.3) is 0 Å². The maximum Gasteiger partial charge on any atom is 0.203 e. The van der Waals surface area contributed by atoms with E-state index in [4.69, 9.17) is 18.9 Å². The number of aromatic nitrogens is 1. The minimum Gasteiger partial charge on any atom is -0.497 e. The van der Waals surface area contributed by atoms with Crippen molar-refractivity contribution in [3.63, 3.8) is 0 Å². The van der Waals surface area contributed by atoms with Gasteiger partial charge < -0.3 is 18.9 Å². The van der Waals surface area contributed by atoms with Crippen LogP contribution in [-0.2, 0) is 0 Å². The molecule has 30 heavy (non-hydrogen) atoms. The molecule has 0 atom stereocenters. The van der Waals surface area contributed by atoms with Gasteiger partial charge in [0.05, 0.1) is 39.3 Å². The van der Waals surface area contributed by atoms with Crippen molar-refractivity contribution < 1.29 is 18.9 Å². The second kappa shape index (κ2) is 10.5. The Balaban J connectivity index is 1.71. The molecule has 7 nitrogen and oxygen atoms in total. The molecule has 8 heteroatoms. The Morgan fingerprint density at radius 2 is 1.77 bits per heavy atom. The van der Waals surface area contributed by atoms with Gasteiger partial charge in [-0.25, -0.2) is 4.98 Å². The molecule has 3 rings (SSSR count). The number of nitrogens with zero attached hydrogens (tertiary/aromatic N) is 2. The van der Waals surface area contributed by atoms with Crippen LogP contribution in [-0.4, -0.2) is 38.6 Å². The van der Waals surface area contributed by atoms with Crippen molar-refractivity contribution in [2.75, 3.05) is 32.9 Å². The van der Waals surface area contributed by atoms with E-state index in [2.05, 4.69) is 15.5 Å². The van der Waals surface area contributed by atoms with Crippen LogP contribution in [0.25, 0.3) is 11.3 Å². The standard InChI is InChI=1S/C22H25N3O4S/c1-5-28-19-10-7-15(11-21(19)29-6-2)13-23-25-22-24-18(14-30-22)17-9-8-16(26-3)12-20(17)27-4/h7-14H,5-6H2,1-4H3,(H,24,25)/b23-13-. The highest BCUT2D eigenvalue weighted by Gasteiger charge is 2.11. The lowest BCUT2D eigenvalue weighted by molar-refractivity contribution is 0.288. The van der Waals surface area contributed by atoms with Crippen LogP contribution >= 0.6 is 11.3 Å². The van der Waals surface area contributed by atoms with Gasteiger partial charge in [-0.05, 0) is 49.7 Å². The first-order valence-corrected chi connectivity index (χ1v) is 10.4. The topological polar surface area (TPSA) is 74.2 Å². The first kappa shape index (κ1) is 21.4. The highest BCUT2D eigenvalue weighted by Crippen LogP contribution is 2.35. The van der Waals surface area contributed by atoms with Gasteiger partial charge in [-0.2, -0.15) is 5.10 Å². The number of hydrogen-bond donors (Lipinski definition) is 1. The van der Waals surface area contributed by atoms with Crippen LogP contribution < -0.4 is 24.4 Å². The zero-order valence-corrected chi connectivity index (χ0v) is 18.3. The van der Waals surface area contributed by atoms with Crippen molar-refractivity contribution in [1.82, 2.24) is 4.98 Å². The van der Waals surface area contributed by atoms with E-state index < -0.39 is 0 Å². The molecule has 1 aromatic heterocycles. The summed E-state index contributed by atoms with van der Waals surface area (Å²) in [5.41, 5.74) is 5.56. The fourth-order valence-corrected chi connectivity index (χ4v) is 3.43. The van der Waals surface area contributed by atoms with E-state index in [1.165, 1.54) is 11.3 Å². The van der Waals surface area contributed by atoms with E-state index in [9.17, 15) is 0 Å². The van der Waals surface area contributed by atoms with Crippen LogP contribution in [0.4, 0.5) is 5.13 Å². The first-order valence-electron chi connectivity index (χ1n) is 9.55. The number of methoxy groups -OCH3 is 2. The number of thiazole rings is 1. The third-order valence-electron chi connectivity index (χ3n) is 4.13. The second-order valence-corrected chi connectivity index (χ2v) is 6.90. The van der Waals surface area contributed by atoms with Gasteiger partial charge in [0.1, 0.15) is 11.5 Å². The number of rotatable bonds is 10. The zero-order valence-electron chi connectivity index (χ0n) is 17.5. The summed E-state index contributed by atoms with van der Waals surface area (Å²) in [6.45, 7) is 5.03. The zero-order chi connectivity index (χ0) is 21.3. The second-order valence-electron chi connectivity index (χ2n) is 6.05. The number of benzene rings is 2. The molecule has 0 amide bonds. The van der Waals surface area contributed by atoms with Crippen LogP contribution in [0.1, 0.15) is 19.4 Å². The Bertz CT molecular complexity index is 1000. The molecule has 0 unspecified atom stereocenters. The van der Waals surface area contributed by atoms with Crippen LogP contribution in [0, 0.1) is 0 Å². The summed E-state index contributed by atoms with van der Waals surface area (Å²) in [5, 5.41) is 6.92. The Morgan fingerprint density at radius 3 is 2.50 bits per heavy atom. The molecule has 0 saturated carbocycles. The fourth-order valence-electron chi connectivity index (χ4n) is 2.77. The highest BCUT2D eigenvalue weighted by atomic mass is 32.1. The van der Waals surface area contributed by atoms with E-state index in [1.54, 1.807) is 20.4 Å². The lowest BCUT2D eigenvalue weighted by Crippen LogP contribution is -1.99. The summed E-state index contributed by atoms with van der Waals surface area (Å²) >= 11 is 1.46. The molecule has 0 bridgehead atoms. The lowest BCUT2D eigenvalue weighted by atomic mass is 10.1. The lowest BCUT2D eigenvalue weighted by Gasteiger charge is -2.11. The van der Waals surface area contributed by atoms with E-state index in [0.29, 0.717) is 29.8 Å². The van der Waals surface area contributed by atoms with E-state index in [1.807, 2.05) is 55.6 Å². The van der Waals surface area contributed by atoms with Crippen LogP contribution in [0.15, 0.2) is 46.9 Å². The summed E-state index contributed by atoms with van der Waals surface area (Å²) in [5.74, 6) is 2.86. The van der Waals surface area contributed by atoms with Crippen LogP contribution in [0.5, 0.6) is 23.0 Å². The Labute approximate surface area is 180 Å². The van der Waals surface area contributed by atoms with Crippen LogP contribution in [0.2, 0.25) is 0 Å². The predicted octanol–water partition coefficient (Wildman–Crippen LogP) is 5.07. The van der Waals surface area contributed by atoms with Crippen molar-refractivity contribution in [3.8, 4) is 34.3 Å². The van der Waals surface area contributed by atoms with Gasteiger partial charge in [0, 0.05) is 17.0 Å². The van der Waals surface area contributed by atoms with Gasteiger partial charge in [0.2, 0.25) is 5.13 Å². The molecule has 0 aliphatic carbocycles. The summed E-state index contributed by atoms with van der Waals surface area (Å²) < 4.78 is 21.9. The third-order valence-corrected chi connectivity index (χ3v) is 4.88. The van der Waals surface area contributed by atoms with Crippen molar-refractivity contribution in [2.45, 2.75) is 13.8 Å². The molecule has 3 aromatic rings. The highest BCUT2D eigenvalue weighted by molar-refractivity contribution is 7.14. The van der Waals surface area contributed by atoms with Crippen LogP contribution in [0.3, 0.4) is 0 Å². The van der Waals surface area contributed by atoms with E-state index in [0.717, 1.165) is 28.3 Å². The normalized spacial score (nSPS) is 10.8. The maximum absolute atomic E-state index is 5.65. The van der Waals surface area contributed by atoms with E-state index >= 15 is 0 Å². The number of ether oxygens (including phenoxy) is 4. The molecular formula is C22H25N3O4S. The molecule has 1 heterocycles. The molecule has 0 aliphatic rings. The number of hydrogen-bond acceptors (Lipinski definition) is 8. The summed E-state index contributed by atoms with van der Waals surface area (Å²) in [4.78, 5) is 4.59. The molecule has 0 fully saturated rings. The molecule has 0 radical (unpaired) electrons. The van der Waals surface area contributed by atoms with Gasteiger partial charge in [-0.15, -0.1) is 11.3 Å². The quantitative estimate of drug-likeness (QED) is 0.360. The van der Waals surface area contributed by atoms with E-state index in [-0.39, 0.29) is 0 Å². The molecule has 0 aliphatic heterocycles. The Morgan fingerprint density at radius 1 is 0.967 bits per heavy atom. The van der Waals surface area contributed by atoms with Crippen molar-refractivity contribution in [3.05, 3.63) is 47.3 Å². The molecule has 1 N–H and O–H groups in total. The number of anilines is 1. The molecule has 0 spiro atoms. The average Bonchev–Trinajstić information content (AvgIpc) is 3.24. The van der Waals surface area contributed by atoms with Crippen molar-refractivity contribution in [1.29, 1.82) is 0 Å². The Hall–Kier alpha value is -3.26. The summed E-state index contributed by atoms with van der Waals surface area (Å²) in [6.07, 6.45) is 1.72. The van der Waals surface area contributed by atoms with Gasteiger partial charge in [-0.3, -0.25) is 5.43 Å². The smallest absolute Gasteiger partial charge is 0.203 e. The largest absolute Gasteiger partial charge is 0.497 e. The summed E-state index contributed by atoms with van der Waals surface area (Å²) in [7, 11) is 3.25. The van der Waals surface area contributed by atoms with Gasteiger partial charge in [0.15, 0.2) is 11.5 Å².